The van der Waals surface area contributed by atoms with Crippen molar-refractivity contribution in [3.8, 4) is 0 Å². The van der Waals surface area contributed by atoms with E-state index >= 15 is 0 Å². The van der Waals surface area contributed by atoms with Crippen LogP contribution in [0.25, 0.3) is 0 Å². The van der Waals surface area contributed by atoms with Gasteiger partial charge in [-0.3, -0.25) is 0 Å². The predicted molar refractivity (Wildman–Crippen MR) is 33.1 cm³/mol. The maximum Gasteiger partial charge on any atom is 0.146 e. The normalized spacial score (nSPS) is 17.4. The smallest absolute Gasteiger partial charge is 0.146 e. The molecule has 1 aliphatic rings. The predicted octanol–water partition coefficient (Wildman–Crippen LogP) is 0.586. The van der Waals surface area contributed by atoms with Crippen LogP contribution in [0.1, 0.15) is 13.3 Å². The van der Waals surface area contributed by atoms with Gasteiger partial charge in [0.15, 0.2) is 0 Å². The summed E-state index contributed by atoms with van der Waals surface area (Å²) < 4.78 is 9.69. The van der Waals surface area contributed by atoms with E-state index in [0.717, 1.165) is 25.9 Å². The molecule has 0 aromatic heterocycles. The number of aldehydes is 1. The molecule has 0 N–H and O–H groups in total. The standard InChI is InChI=1S/C4H8O2.C2H4O/c1-2-5-4-6-3-1;1-2-3/h1-4H2;2H,1H3. The molecule has 1 saturated heterocycles. The van der Waals surface area contributed by atoms with E-state index in [1.54, 1.807) is 0 Å². The van der Waals surface area contributed by atoms with Crippen molar-refractivity contribution in [2.75, 3.05) is 20.0 Å². The molecular formula is C6H12O3. The minimum absolute atomic E-state index is 0.500. The molecule has 0 unspecified atom stereocenters. The van der Waals surface area contributed by atoms with Gasteiger partial charge >= 0.3 is 0 Å². The summed E-state index contributed by atoms with van der Waals surface area (Å²) in [4.78, 5) is 8.81. The van der Waals surface area contributed by atoms with Gasteiger partial charge < -0.3 is 14.3 Å². The van der Waals surface area contributed by atoms with Crippen LogP contribution < -0.4 is 0 Å². The summed E-state index contributed by atoms with van der Waals surface area (Å²) in [5, 5.41) is 0. The van der Waals surface area contributed by atoms with E-state index < -0.39 is 0 Å². The van der Waals surface area contributed by atoms with Crippen molar-refractivity contribution >= 4 is 6.29 Å². The molecule has 1 aliphatic heterocycles. The molecule has 0 aromatic rings. The number of rotatable bonds is 0. The van der Waals surface area contributed by atoms with Crippen molar-refractivity contribution in [3.63, 3.8) is 0 Å². The zero-order chi connectivity index (χ0) is 6.95. The Labute approximate surface area is 55.0 Å². The van der Waals surface area contributed by atoms with E-state index in [9.17, 15) is 0 Å². The Morgan fingerprint density at radius 1 is 1.33 bits per heavy atom. The molecule has 0 aromatic carbocycles. The van der Waals surface area contributed by atoms with Gasteiger partial charge in [0.2, 0.25) is 0 Å². The molecule has 0 saturated carbocycles. The van der Waals surface area contributed by atoms with E-state index in [1.807, 2.05) is 0 Å². The lowest BCUT2D eigenvalue weighted by Crippen LogP contribution is -2.11. The molecule has 1 heterocycles. The second-order valence-corrected chi connectivity index (χ2v) is 1.52. The molecule has 0 aliphatic carbocycles. The first-order chi connectivity index (χ1) is 4.41. The molecule has 1 rings (SSSR count). The lowest BCUT2D eigenvalue weighted by atomic mass is 10.5. The highest BCUT2D eigenvalue weighted by molar-refractivity contribution is 5.44. The lowest BCUT2D eigenvalue weighted by molar-refractivity contribution is -0.106. The number of hydrogen-bond acceptors (Lipinski definition) is 3. The number of ether oxygens (including phenoxy) is 2. The monoisotopic (exact) mass is 132 g/mol. The molecule has 0 spiro atoms. The van der Waals surface area contributed by atoms with Crippen molar-refractivity contribution in [3.05, 3.63) is 0 Å². The van der Waals surface area contributed by atoms with Crippen molar-refractivity contribution in [2.24, 2.45) is 0 Å². The Morgan fingerprint density at radius 3 is 1.89 bits per heavy atom. The summed E-state index contributed by atoms with van der Waals surface area (Å²) in [6, 6.07) is 0. The summed E-state index contributed by atoms with van der Waals surface area (Å²) in [6.45, 7) is 3.69. The Morgan fingerprint density at radius 2 is 1.78 bits per heavy atom. The SMILES string of the molecule is C1COCOC1.CC=O. The van der Waals surface area contributed by atoms with E-state index in [-0.39, 0.29) is 0 Å². The van der Waals surface area contributed by atoms with Gasteiger partial charge in [-0.25, -0.2) is 0 Å². The van der Waals surface area contributed by atoms with Crippen molar-refractivity contribution < 1.29 is 14.3 Å². The quantitative estimate of drug-likeness (QED) is 0.452. The van der Waals surface area contributed by atoms with Gasteiger partial charge in [-0.05, 0) is 13.3 Å². The first-order valence-corrected chi connectivity index (χ1v) is 2.97. The Kier molecular flexibility index (Phi) is 7.24. The maximum absolute atomic E-state index is 8.81. The van der Waals surface area contributed by atoms with Gasteiger partial charge in [0.25, 0.3) is 0 Å². The fraction of sp³-hybridized carbons (Fsp3) is 0.833. The Hall–Kier alpha value is -0.410. The van der Waals surface area contributed by atoms with Crippen LogP contribution in [0.3, 0.4) is 0 Å². The van der Waals surface area contributed by atoms with Gasteiger partial charge in [0.1, 0.15) is 13.1 Å². The van der Waals surface area contributed by atoms with Crippen LogP contribution in [0.15, 0.2) is 0 Å². The van der Waals surface area contributed by atoms with Gasteiger partial charge in [-0.1, -0.05) is 0 Å². The molecule has 9 heavy (non-hydrogen) atoms. The fourth-order valence-electron chi connectivity index (χ4n) is 0.440. The number of carbonyl (C=O) groups is 1. The minimum Gasteiger partial charge on any atom is -0.355 e. The van der Waals surface area contributed by atoms with Crippen molar-refractivity contribution in [2.45, 2.75) is 13.3 Å². The van der Waals surface area contributed by atoms with E-state index in [2.05, 4.69) is 0 Å². The third kappa shape index (κ3) is 7.59. The van der Waals surface area contributed by atoms with E-state index in [0.29, 0.717) is 6.79 Å². The van der Waals surface area contributed by atoms with Crippen LogP contribution in [0, 0.1) is 0 Å². The zero-order valence-electron chi connectivity index (χ0n) is 5.63. The van der Waals surface area contributed by atoms with Crippen LogP contribution in [-0.4, -0.2) is 26.3 Å². The second kappa shape index (κ2) is 7.59. The molecule has 3 heteroatoms. The largest absolute Gasteiger partial charge is 0.355 e. The molecular weight excluding hydrogens is 120 g/mol. The average Bonchev–Trinajstić information content (AvgIpc) is 1.93. The van der Waals surface area contributed by atoms with Crippen molar-refractivity contribution in [1.82, 2.24) is 0 Å². The van der Waals surface area contributed by atoms with Crippen LogP contribution in [-0.2, 0) is 14.3 Å². The molecule has 1 fully saturated rings. The molecule has 3 nitrogen and oxygen atoms in total. The van der Waals surface area contributed by atoms with Crippen LogP contribution in [0.2, 0.25) is 0 Å². The molecule has 0 bridgehead atoms. The van der Waals surface area contributed by atoms with Gasteiger partial charge in [0.05, 0.1) is 13.2 Å². The third-order valence-electron chi connectivity index (χ3n) is 0.744. The van der Waals surface area contributed by atoms with Crippen molar-refractivity contribution in [1.29, 1.82) is 0 Å². The third-order valence-corrected chi connectivity index (χ3v) is 0.744. The summed E-state index contributed by atoms with van der Waals surface area (Å²) in [6.07, 6.45) is 1.81. The zero-order valence-corrected chi connectivity index (χ0v) is 5.63. The first kappa shape index (κ1) is 8.59. The fourth-order valence-corrected chi connectivity index (χ4v) is 0.440. The maximum atomic E-state index is 8.81. The second-order valence-electron chi connectivity index (χ2n) is 1.52. The topological polar surface area (TPSA) is 35.5 Å². The summed E-state index contributed by atoms with van der Waals surface area (Å²) >= 11 is 0. The Balaban J connectivity index is 0.000000187. The summed E-state index contributed by atoms with van der Waals surface area (Å²) in [5.74, 6) is 0. The van der Waals surface area contributed by atoms with Gasteiger partial charge in [0, 0.05) is 0 Å². The number of carbonyl (C=O) groups excluding carboxylic acids is 1. The highest BCUT2D eigenvalue weighted by Crippen LogP contribution is 1.91. The summed E-state index contributed by atoms with van der Waals surface area (Å²) in [5.41, 5.74) is 0. The summed E-state index contributed by atoms with van der Waals surface area (Å²) in [7, 11) is 0. The highest BCUT2D eigenvalue weighted by Gasteiger charge is 1.94. The highest BCUT2D eigenvalue weighted by atomic mass is 16.7. The molecule has 0 radical (unpaired) electrons. The first-order valence-electron chi connectivity index (χ1n) is 2.97. The van der Waals surface area contributed by atoms with E-state index in [1.165, 1.54) is 6.92 Å². The molecule has 0 atom stereocenters. The van der Waals surface area contributed by atoms with Gasteiger partial charge in [-0.15, -0.1) is 0 Å². The Bertz CT molecular complexity index is 47.8. The van der Waals surface area contributed by atoms with Gasteiger partial charge in [-0.2, -0.15) is 0 Å². The molecule has 0 amide bonds. The van der Waals surface area contributed by atoms with Crippen LogP contribution >= 0.6 is 0 Å². The van der Waals surface area contributed by atoms with E-state index in [4.69, 9.17) is 14.3 Å². The average molecular weight is 132 g/mol. The minimum atomic E-state index is 0.500. The molecule has 54 valence electrons. The lowest BCUT2D eigenvalue weighted by Gasteiger charge is -2.09. The number of hydrogen-bond donors (Lipinski definition) is 0. The van der Waals surface area contributed by atoms with Crippen LogP contribution in [0.5, 0.6) is 0 Å². The van der Waals surface area contributed by atoms with Crippen LogP contribution in [0.4, 0.5) is 0 Å².